The Kier molecular flexibility index (Phi) is 6.16. The number of amides is 1. The second-order valence-electron chi connectivity index (χ2n) is 6.30. The smallest absolute Gasteiger partial charge is 0.271 e. The number of hydrogen-bond donors (Lipinski definition) is 1. The third-order valence-corrected chi connectivity index (χ3v) is 4.57. The molecule has 5 nitrogen and oxygen atoms in total. The zero-order valence-corrected chi connectivity index (χ0v) is 16.8. The summed E-state index contributed by atoms with van der Waals surface area (Å²) in [5.74, 6) is 0.457. The number of benzene rings is 2. The van der Waals surface area contributed by atoms with Gasteiger partial charge < -0.3 is 9.30 Å². The second-order valence-corrected chi connectivity index (χ2v) is 6.73. The molecule has 1 heterocycles. The maximum Gasteiger partial charge on any atom is 0.271 e. The molecule has 2 aromatic carbocycles. The first-order valence-electron chi connectivity index (χ1n) is 9.00. The maximum absolute atomic E-state index is 12.2. The van der Waals surface area contributed by atoms with E-state index in [1.807, 2.05) is 51.1 Å². The Labute approximate surface area is 169 Å². The second kappa shape index (κ2) is 8.76. The highest BCUT2D eigenvalue weighted by molar-refractivity contribution is 6.30. The fraction of sp³-hybridized carbons (Fsp3) is 0.182. The molecule has 0 saturated carbocycles. The predicted octanol–water partition coefficient (Wildman–Crippen LogP) is 4.91. The molecule has 0 bridgehead atoms. The fourth-order valence-electron chi connectivity index (χ4n) is 3.03. The Morgan fingerprint density at radius 2 is 1.93 bits per heavy atom. The standard InChI is InChI=1S/C22H22ClN3O2/c1-4-28-21-10-8-17(9-11-21)22(27)25-24-14-18-12-15(2)26(16(18)3)20-7-5-6-19(23)13-20/h5-14H,4H2,1-3H3,(H,25,27)/b24-14-. The first kappa shape index (κ1) is 19.7. The summed E-state index contributed by atoms with van der Waals surface area (Å²) in [5.41, 5.74) is 7.06. The summed E-state index contributed by atoms with van der Waals surface area (Å²) < 4.78 is 7.48. The van der Waals surface area contributed by atoms with Crippen LogP contribution in [0.2, 0.25) is 5.02 Å². The Balaban J connectivity index is 1.72. The van der Waals surface area contributed by atoms with Gasteiger partial charge in [-0.15, -0.1) is 0 Å². The van der Waals surface area contributed by atoms with Crippen molar-refractivity contribution < 1.29 is 9.53 Å². The van der Waals surface area contributed by atoms with Crippen molar-refractivity contribution in [2.45, 2.75) is 20.8 Å². The summed E-state index contributed by atoms with van der Waals surface area (Å²) in [5, 5.41) is 4.79. The Bertz CT molecular complexity index is 1010. The minimum Gasteiger partial charge on any atom is -0.494 e. The van der Waals surface area contributed by atoms with Crippen LogP contribution in [0.1, 0.15) is 34.2 Å². The number of carbonyl (C=O) groups is 1. The van der Waals surface area contributed by atoms with Gasteiger partial charge >= 0.3 is 0 Å². The maximum atomic E-state index is 12.2. The van der Waals surface area contributed by atoms with Crippen LogP contribution >= 0.6 is 11.6 Å². The lowest BCUT2D eigenvalue weighted by Crippen LogP contribution is -2.17. The zero-order valence-electron chi connectivity index (χ0n) is 16.1. The van der Waals surface area contributed by atoms with Crippen LogP contribution in [-0.2, 0) is 0 Å². The predicted molar refractivity (Wildman–Crippen MR) is 113 cm³/mol. The molecular weight excluding hydrogens is 374 g/mol. The molecule has 1 amide bonds. The third-order valence-electron chi connectivity index (χ3n) is 4.33. The molecule has 144 valence electrons. The molecule has 1 N–H and O–H groups in total. The number of hydrazone groups is 1. The minimum absolute atomic E-state index is 0.275. The summed E-state index contributed by atoms with van der Waals surface area (Å²) in [6, 6.07) is 16.6. The van der Waals surface area contributed by atoms with Gasteiger partial charge in [-0.1, -0.05) is 17.7 Å². The molecule has 0 radical (unpaired) electrons. The number of nitrogens with one attached hydrogen (secondary N) is 1. The number of aryl methyl sites for hydroxylation is 1. The van der Waals surface area contributed by atoms with Crippen LogP contribution in [0, 0.1) is 13.8 Å². The number of carbonyl (C=O) groups excluding carboxylic acids is 1. The summed E-state index contributed by atoms with van der Waals surface area (Å²) >= 11 is 6.12. The van der Waals surface area contributed by atoms with Crippen molar-refractivity contribution in [1.82, 2.24) is 9.99 Å². The van der Waals surface area contributed by atoms with E-state index in [2.05, 4.69) is 15.1 Å². The largest absolute Gasteiger partial charge is 0.494 e. The normalized spacial score (nSPS) is 11.0. The van der Waals surface area contributed by atoms with Crippen LogP contribution in [0.25, 0.3) is 5.69 Å². The molecule has 0 aliphatic heterocycles. The van der Waals surface area contributed by atoms with E-state index < -0.39 is 0 Å². The van der Waals surface area contributed by atoms with Crippen molar-refractivity contribution in [3.05, 3.63) is 82.1 Å². The average Bonchev–Trinajstić information content (AvgIpc) is 2.96. The molecule has 3 rings (SSSR count). The van der Waals surface area contributed by atoms with Gasteiger partial charge in [-0.05, 0) is 69.3 Å². The molecule has 0 atom stereocenters. The Morgan fingerprint density at radius 3 is 2.61 bits per heavy atom. The van der Waals surface area contributed by atoms with Crippen LogP contribution in [0.15, 0.2) is 59.7 Å². The van der Waals surface area contributed by atoms with Gasteiger partial charge in [0.1, 0.15) is 5.75 Å². The molecule has 28 heavy (non-hydrogen) atoms. The molecule has 6 heteroatoms. The summed E-state index contributed by atoms with van der Waals surface area (Å²) in [6.45, 7) is 6.52. The van der Waals surface area contributed by atoms with Crippen molar-refractivity contribution in [2.24, 2.45) is 5.10 Å². The quantitative estimate of drug-likeness (QED) is 0.476. The van der Waals surface area contributed by atoms with E-state index in [1.54, 1.807) is 30.5 Å². The van der Waals surface area contributed by atoms with Crippen molar-refractivity contribution in [2.75, 3.05) is 6.61 Å². The monoisotopic (exact) mass is 395 g/mol. The third kappa shape index (κ3) is 4.43. The lowest BCUT2D eigenvalue weighted by atomic mass is 10.2. The fourth-order valence-corrected chi connectivity index (χ4v) is 3.21. The molecule has 1 aromatic heterocycles. The number of rotatable bonds is 6. The van der Waals surface area contributed by atoms with Gasteiger partial charge in [-0.3, -0.25) is 4.79 Å². The van der Waals surface area contributed by atoms with Crippen LogP contribution in [-0.4, -0.2) is 23.3 Å². The van der Waals surface area contributed by atoms with E-state index in [1.165, 1.54) is 0 Å². The summed E-state index contributed by atoms with van der Waals surface area (Å²) in [4.78, 5) is 12.2. The van der Waals surface area contributed by atoms with Crippen LogP contribution < -0.4 is 10.2 Å². The molecule has 0 unspecified atom stereocenters. The first-order chi connectivity index (χ1) is 13.5. The van der Waals surface area contributed by atoms with Gasteiger partial charge in [0.05, 0.1) is 12.8 Å². The van der Waals surface area contributed by atoms with E-state index in [9.17, 15) is 4.79 Å². The van der Waals surface area contributed by atoms with Crippen molar-refractivity contribution >= 4 is 23.7 Å². The summed E-state index contributed by atoms with van der Waals surface area (Å²) in [6.07, 6.45) is 1.65. The van der Waals surface area contributed by atoms with E-state index in [-0.39, 0.29) is 5.91 Å². The van der Waals surface area contributed by atoms with E-state index in [0.717, 1.165) is 28.4 Å². The molecular formula is C22H22ClN3O2. The molecule has 0 fully saturated rings. The highest BCUT2D eigenvalue weighted by Gasteiger charge is 2.10. The van der Waals surface area contributed by atoms with Gasteiger partial charge in [0, 0.05) is 33.2 Å². The van der Waals surface area contributed by atoms with Crippen molar-refractivity contribution in [3.8, 4) is 11.4 Å². The highest BCUT2D eigenvalue weighted by atomic mass is 35.5. The summed E-state index contributed by atoms with van der Waals surface area (Å²) in [7, 11) is 0. The number of nitrogens with zero attached hydrogens (tertiary/aromatic N) is 2. The minimum atomic E-state index is -0.275. The number of hydrogen-bond acceptors (Lipinski definition) is 3. The van der Waals surface area contributed by atoms with E-state index in [4.69, 9.17) is 16.3 Å². The Morgan fingerprint density at radius 1 is 1.18 bits per heavy atom. The van der Waals surface area contributed by atoms with Gasteiger partial charge in [0.2, 0.25) is 0 Å². The molecule has 0 saturated heterocycles. The topological polar surface area (TPSA) is 55.6 Å². The number of ether oxygens (including phenoxy) is 1. The van der Waals surface area contributed by atoms with Crippen LogP contribution in [0.3, 0.4) is 0 Å². The first-order valence-corrected chi connectivity index (χ1v) is 9.38. The zero-order chi connectivity index (χ0) is 20.1. The molecule has 0 spiro atoms. The van der Waals surface area contributed by atoms with E-state index in [0.29, 0.717) is 17.2 Å². The number of aromatic nitrogens is 1. The van der Waals surface area contributed by atoms with E-state index >= 15 is 0 Å². The lowest BCUT2D eigenvalue weighted by molar-refractivity contribution is 0.0955. The van der Waals surface area contributed by atoms with Gasteiger partial charge in [0.25, 0.3) is 5.91 Å². The van der Waals surface area contributed by atoms with Crippen molar-refractivity contribution in [1.29, 1.82) is 0 Å². The highest BCUT2D eigenvalue weighted by Crippen LogP contribution is 2.22. The Hall–Kier alpha value is -3.05. The molecule has 0 aliphatic rings. The van der Waals surface area contributed by atoms with Crippen LogP contribution in [0.4, 0.5) is 0 Å². The molecule has 3 aromatic rings. The van der Waals surface area contributed by atoms with Gasteiger partial charge in [-0.25, -0.2) is 5.43 Å². The van der Waals surface area contributed by atoms with Crippen molar-refractivity contribution in [3.63, 3.8) is 0 Å². The molecule has 0 aliphatic carbocycles. The van der Waals surface area contributed by atoms with Gasteiger partial charge in [0.15, 0.2) is 0 Å². The van der Waals surface area contributed by atoms with Crippen LogP contribution in [0.5, 0.6) is 5.75 Å². The average molecular weight is 396 g/mol. The lowest BCUT2D eigenvalue weighted by Gasteiger charge is -2.09. The number of halogens is 1. The van der Waals surface area contributed by atoms with Gasteiger partial charge in [-0.2, -0.15) is 5.10 Å². The SMILES string of the molecule is CCOc1ccc(C(=O)N/N=C\c2cc(C)n(-c3cccc(Cl)c3)c2C)cc1.